The molecule has 6 atom stereocenters. The molecule has 0 radical (unpaired) electrons. The van der Waals surface area contributed by atoms with Crippen molar-refractivity contribution in [3.05, 3.63) is 108 Å². The van der Waals surface area contributed by atoms with Crippen LogP contribution in [0.15, 0.2) is 79.3 Å². The molecule has 316 valence electrons. The molecular formula is C47H52N8O6. The first-order valence-corrected chi connectivity index (χ1v) is 20.8. The third-order valence-corrected chi connectivity index (χ3v) is 12.7. The van der Waals surface area contributed by atoms with Crippen LogP contribution in [0, 0.1) is 11.3 Å². The van der Waals surface area contributed by atoms with Gasteiger partial charge in [0.05, 0.1) is 50.1 Å². The van der Waals surface area contributed by atoms with Crippen LogP contribution in [-0.4, -0.2) is 92.6 Å². The predicted octanol–water partition coefficient (Wildman–Crippen LogP) is 7.59. The molecule has 4 aromatic rings. The number of ether oxygens (including phenoxy) is 2. The van der Waals surface area contributed by atoms with Gasteiger partial charge in [0.25, 0.3) is 0 Å². The van der Waals surface area contributed by atoms with E-state index >= 15 is 0 Å². The van der Waals surface area contributed by atoms with Gasteiger partial charge in [-0.1, -0.05) is 55.5 Å². The van der Waals surface area contributed by atoms with Crippen molar-refractivity contribution in [2.75, 3.05) is 20.8 Å². The van der Waals surface area contributed by atoms with Crippen molar-refractivity contribution in [3.8, 4) is 22.5 Å². The van der Waals surface area contributed by atoms with Crippen LogP contribution in [0.1, 0.15) is 93.3 Å². The Hall–Kier alpha value is -6.66. The lowest BCUT2D eigenvalue weighted by molar-refractivity contribution is -0.137. The number of rotatable bonds is 13. The van der Waals surface area contributed by atoms with Crippen molar-refractivity contribution >= 4 is 41.7 Å². The van der Waals surface area contributed by atoms with E-state index in [2.05, 4.69) is 88.4 Å². The number of benzene rings is 2. The number of nitrogens with zero attached hydrogens (tertiary/aromatic N) is 4. The van der Waals surface area contributed by atoms with Crippen molar-refractivity contribution in [1.82, 2.24) is 40.4 Å². The quantitative estimate of drug-likeness (QED) is 0.0789. The normalized spacial score (nSPS) is 20.7. The average Bonchev–Trinajstić information content (AvgIpc) is 3.77. The number of imidazole rings is 2. The first-order valence-electron chi connectivity index (χ1n) is 20.8. The second-order valence-corrected chi connectivity index (χ2v) is 16.9. The van der Waals surface area contributed by atoms with Crippen LogP contribution in [0.2, 0.25) is 0 Å². The van der Waals surface area contributed by atoms with Crippen molar-refractivity contribution in [2.45, 2.75) is 83.1 Å². The smallest absolute Gasteiger partial charge is 0.407 e. The van der Waals surface area contributed by atoms with E-state index in [9.17, 15) is 19.2 Å². The van der Waals surface area contributed by atoms with Gasteiger partial charge in [-0.05, 0) is 97.8 Å². The molecule has 2 saturated carbocycles. The van der Waals surface area contributed by atoms with E-state index in [1.54, 1.807) is 18.0 Å². The number of likely N-dealkylation sites (tertiary alicyclic amines) is 1. The number of methoxy groups -OCH3 is 2. The van der Waals surface area contributed by atoms with Gasteiger partial charge in [0.15, 0.2) is 0 Å². The zero-order valence-corrected chi connectivity index (χ0v) is 35.2. The van der Waals surface area contributed by atoms with Gasteiger partial charge in [0.1, 0.15) is 23.7 Å². The van der Waals surface area contributed by atoms with Crippen molar-refractivity contribution in [2.24, 2.45) is 11.3 Å². The van der Waals surface area contributed by atoms with E-state index in [4.69, 9.17) is 19.4 Å². The number of aromatic nitrogens is 4. The molecule has 14 heteroatoms. The fourth-order valence-electron chi connectivity index (χ4n) is 8.84. The fraction of sp³-hybridized carbons (Fsp3) is 0.383. The highest BCUT2D eigenvalue weighted by Gasteiger charge is 2.51. The first-order chi connectivity index (χ1) is 29.4. The lowest BCUT2D eigenvalue weighted by atomic mass is 9.97. The van der Waals surface area contributed by atoms with Crippen LogP contribution >= 0.6 is 0 Å². The molecule has 4 N–H and O–H groups in total. The largest absolute Gasteiger partial charge is 0.453 e. The van der Waals surface area contributed by atoms with Gasteiger partial charge >= 0.3 is 12.2 Å². The summed E-state index contributed by atoms with van der Waals surface area (Å²) in [6.07, 6.45) is 14.8. The molecule has 14 nitrogen and oxygen atoms in total. The van der Waals surface area contributed by atoms with Crippen molar-refractivity contribution in [3.63, 3.8) is 0 Å². The third kappa shape index (κ3) is 8.40. The third-order valence-electron chi connectivity index (χ3n) is 12.7. The Kier molecular flexibility index (Phi) is 11.3. The topological polar surface area (TPSA) is 175 Å². The van der Waals surface area contributed by atoms with Crippen LogP contribution in [0.4, 0.5) is 9.59 Å². The number of allylic oxidation sites excluding steroid dienone is 2. The number of H-pyrrole nitrogens is 2. The molecule has 3 fully saturated rings. The number of carbonyl (C=O) groups excluding carboxylic acids is 4. The second-order valence-electron chi connectivity index (χ2n) is 16.9. The van der Waals surface area contributed by atoms with Gasteiger partial charge in [-0.25, -0.2) is 19.6 Å². The summed E-state index contributed by atoms with van der Waals surface area (Å²) in [6, 6.07) is 12.3. The maximum Gasteiger partial charge on any atom is 0.407 e. The molecule has 3 aliphatic carbocycles. The van der Waals surface area contributed by atoms with Crippen LogP contribution in [0.5, 0.6) is 0 Å². The van der Waals surface area contributed by atoms with E-state index < -0.39 is 24.3 Å². The summed E-state index contributed by atoms with van der Waals surface area (Å²) in [4.78, 5) is 71.2. The number of hydrogen-bond acceptors (Lipinski definition) is 8. The summed E-state index contributed by atoms with van der Waals surface area (Å²) in [5.41, 5.74) is 11.1. The van der Waals surface area contributed by atoms with Gasteiger partial charge in [0.2, 0.25) is 11.8 Å². The zero-order valence-electron chi connectivity index (χ0n) is 35.2. The summed E-state index contributed by atoms with van der Waals surface area (Å²) in [5, 5.41) is 5.20. The minimum Gasteiger partial charge on any atom is -0.453 e. The number of nitrogens with one attached hydrogen (secondary N) is 4. The van der Waals surface area contributed by atoms with Crippen molar-refractivity contribution < 1.29 is 28.7 Å². The number of fused-ring (bicyclic) bond motifs is 3. The van der Waals surface area contributed by atoms with E-state index in [0.717, 1.165) is 82.7 Å². The van der Waals surface area contributed by atoms with Crippen LogP contribution in [0.3, 0.4) is 0 Å². The Balaban J connectivity index is 0.948. The highest BCUT2D eigenvalue weighted by atomic mass is 16.5. The highest BCUT2D eigenvalue weighted by Crippen LogP contribution is 2.50. The van der Waals surface area contributed by atoms with Gasteiger partial charge < -0.3 is 39.9 Å². The maximum absolute atomic E-state index is 13.7. The molecule has 0 spiro atoms. The Morgan fingerprint density at radius 2 is 1.62 bits per heavy atom. The van der Waals surface area contributed by atoms with Crippen LogP contribution in [0.25, 0.3) is 40.2 Å². The number of aromatic amines is 2. The molecule has 2 aromatic heterocycles. The molecular weight excluding hydrogens is 773 g/mol. The van der Waals surface area contributed by atoms with Crippen LogP contribution in [-0.2, 0) is 19.1 Å². The Labute approximate surface area is 355 Å². The van der Waals surface area contributed by atoms with Gasteiger partial charge in [-0.2, -0.15) is 0 Å². The summed E-state index contributed by atoms with van der Waals surface area (Å²) in [6.45, 7) is 10.1. The molecule has 1 aliphatic heterocycles. The Bertz CT molecular complexity index is 2450. The number of alkyl carbamates (subject to hydrolysis) is 2. The standard InChI is InChI=1S/C47H52N8O6/c1-7-37(53-46(59)61-6)44(57)55-36-19-18-35(23-36)40(55)42-49-24-38(52-42)32-14-10-30(11-15-32)29-8-9-31-13-17-34(22-33(31)16-12-29)39-25-48-41(51-39)28(3)54(26-47(4)20-21-47)43(56)27(2)50-45(58)60-5/h7,9-17,22,24-25,27-28,35-37,40H,1,18-21,23,26H2,2-6H3,(H,48,51)(H,49,52)(H,50,58)(H,53,59). The molecule has 4 aliphatic rings. The SMILES string of the molecule is C=CC(NC(=O)OC)C(=O)N1C2CCC(C2)C1c1ncc(-c2ccc(C3=C=Cc4ccc(-c5cnc(C(C)N(CC6(C)CC6)C(=O)C(C)NC(=O)OC)[nH]5)cc4C=C3)cc2)[nH]1. The molecule has 8 rings (SSSR count). The lowest BCUT2D eigenvalue weighted by Crippen LogP contribution is -2.51. The van der Waals surface area contributed by atoms with Gasteiger partial charge in [-0.3, -0.25) is 9.59 Å². The van der Waals surface area contributed by atoms with Gasteiger partial charge in [0, 0.05) is 23.7 Å². The Morgan fingerprint density at radius 1 is 0.934 bits per heavy atom. The molecule has 2 bridgehead atoms. The summed E-state index contributed by atoms with van der Waals surface area (Å²) < 4.78 is 9.46. The fourth-order valence-corrected chi connectivity index (χ4v) is 8.84. The minimum absolute atomic E-state index is 0.0473. The monoisotopic (exact) mass is 824 g/mol. The number of hydrogen-bond donors (Lipinski definition) is 4. The molecule has 61 heavy (non-hydrogen) atoms. The summed E-state index contributed by atoms with van der Waals surface area (Å²) in [5.74, 6) is 1.27. The van der Waals surface area contributed by atoms with E-state index in [1.807, 2.05) is 30.2 Å². The van der Waals surface area contributed by atoms with Gasteiger partial charge in [-0.15, -0.1) is 12.3 Å². The zero-order chi connectivity index (χ0) is 43.0. The van der Waals surface area contributed by atoms with E-state index in [0.29, 0.717) is 12.4 Å². The van der Waals surface area contributed by atoms with Crippen LogP contribution < -0.4 is 10.6 Å². The highest BCUT2D eigenvalue weighted by molar-refractivity contribution is 5.89. The summed E-state index contributed by atoms with van der Waals surface area (Å²) >= 11 is 0. The van der Waals surface area contributed by atoms with E-state index in [1.165, 1.54) is 20.3 Å². The lowest BCUT2D eigenvalue weighted by Gasteiger charge is -2.36. The molecule has 2 aromatic carbocycles. The number of amides is 4. The van der Waals surface area contributed by atoms with Crippen molar-refractivity contribution in [1.29, 1.82) is 0 Å². The van der Waals surface area contributed by atoms with E-state index in [-0.39, 0.29) is 41.3 Å². The summed E-state index contributed by atoms with van der Waals surface area (Å²) in [7, 11) is 2.55. The average molecular weight is 825 g/mol. The molecule has 4 amide bonds. The predicted molar refractivity (Wildman–Crippen MR) is 231 cm³/mol. The second kappa shape index (κ2) is 16.8. The Morgan fingerprint density at radius 3 is 2.34 bits per heavy atom. The molecule has 3 heterocycles. The minimum atomic E-state index is -0.891. The first kappa shape index (κ1) is 41.1. The number of carbonyl (C=O) groups is 4. The maximum atomic E-state index is 13.7. The number of piperidine rings is 1. The molecule has 1 saturated heterocycles. The molecule has 6 unspecified atom stereocenters.